The van der Waals surface area contributed by atoms with Gasteiger partial charge in [0.15, 0.2) is 0 Å². The van der Waals surface area contributed by atoms with Crippen LogP contribution in [0.25, 0.3) is 0 Å². The summed E-state index contributed by atoms with van der Waals surface area (Å²) >= 11 is -8.62. The maximum absolute atomic E-state index is 12.6. The van der Waals surface area contributed by atoms with E-state index < -0.39 is 51.1 Å². The zero-order chi connectivity index (χ0) is 29.2. The Bertz CT molecular complexity index is 592. The fourth-order valence-corrected chi connectivity index (χ4v) is 38.6. The molecule has 0 N–H and O–H groups in total. The normalized spacial score (nSPS) is 13.1. The van der Waals surface area contributed by atoms with Crippen molar-refractivity contribution in [1.82, 2.24) is 0 Å². The summed E-state index contributed by atoms with van der Waals surface area (Å²) in [4.78, 5) is 25.0. The van der Waals surface area contributed by atoms with Gasteiger partial charge in [0, 0.05) is 0 Å². The third kappa shape index (κ3) is 19.7. The van der Waals surface area contributed by atoms with E-state index in [0.29, 0.717) is 13.3 Å². The van der Waals surface area contributed by atoms with Gasteiger partial charge in [-0.2, -0.15) is 0 Å². The molecule has 1 atom stereocenters. The summed E-state index contributed by atoms with van der Waals surface area (Å²) in [5.74, 6) is 0. The van der Waals surface area contributed by atoms with E-state index in [-0.39, 0.29) is 0 Å². The Kier molecular flexibility index (Phi) is 25.8. The number of hydrogen-bond donors (Lipinski definition) is 0. The molecule has 0 radical (unpaired) electrons. The van der Waals surface area contributed by atoms with Gasteiger partial charge in [-0.3, -0.25) is 0 Å². The van der Waals surface area contributed by atoms with Gasteiger partial charge in [0.2, 0.25) is 0 Å². The quantitative estimate of drug-likeness (QED) is 0.0488. The minimum atomic E-state index is -4.47. The summed E-state index contributed by atoms with van der Waals surface area (Å²) in [5.41, 5.74) is 0. The molecule has 0 aromatic heterocycles. The molecule has 0 spiro atoms. The second-order valence-electron chi connectivity index (χ2n) is 10.6. The summed E-state index contributed by atoms with van der Waals surface area (Å²) in [5, 5.41) is 0. The van der Waals surface area contributed by atoms with E-state index in [1.807, 2.05) is 0 Å². The van der Waals surface area contributed by atoms with E-state index in [2.05, 4.69) is 20.8 Å². The van der Waals surface area contributed by atoms with Gasteiger partial charge in [0.25, 0.3) is 0 Å². The number of rotatable bonds is 26. The first kappa shape index (κ1) is 39.1. The summed E-state index contributed by atoms with van der Waals surface area (Å²) in [6.45, 7) is 6.62. The molecule has 0 saturated carbocycles. The molecule has 0 aliphatic heterocycles. The third-order valence-corrected chi connectivity index (χ3v) is 36.0. The number of unbranched alkanes of at least 4 members (excludes halogenated alkanes) is 15. The molecule has 0 rings (SSSR count). The number of ether oxygens (including phenoxy) is 2. The summed E-state index contributed by atoms with van der Waals surface area (Å²) in [6.07, 6.45) is 18.7. The van der Waals surface area contributed by atoms with Crippen LogP contribution in [-0.4, -0.2) is 72.5 Å². The fraction of sp³-hybridized carbons (Fsp3) is 0.931. The molecular weight excluding hydrogens is 714 g/mol. The van der Waals surface area contributed by atoms with E-state index in [1.54, 1.807) is 7.11 Å². The molecule has 0 bridgehead atoms. The monoisotopic (exact) mass is 776 g/mol. The van der Waals surface area contributed by atoms with Crippen LogP contribution in [0.2, 0.25) is 13.3 Å². The second-order valence-corrected chi connectivity index (χ2v) is 30.8. The van der Waals surface area contributed by atoms with Crippen molar-refractivity contribution in [2.45, 2.75) is 150 Å². The average molecular weight is 774 g/mol. The molecule has 8 nitrogen and oxygen atoms in total. The van der Waals surface area contributed by atoms with Crippen molar-refractivity contribution in [2.75, 3.05) is 21.3 Å². The van der Waals surface area contributed by atoms with Crippen molar-refractivity contribution in [2.24, 2.45) is 0 Å². The van der Waals surface area contributed by atoms with Crippen LogP contribution in [0.3, 0.4) is 0 Å². The number of methoxy groups -OCH3 is 2. The van der Waals surface area contributed by atoms with Gasteiger partial charge < -0.3 is 0 Å². The molecular formula is C29H60O8Sn2. The Morgan fingerprint density at radius 3 is 1.23 bits per heavy atom. The van der Waals surface area contributed by atoms with Gasteiger partial charge in [-0.05, 0) is 0 Å². The van der Waals surface area contributed by atoms with Crippen molar-refractivity contribution < 1.29 is 29.7 Å². The van der Waals surface area contributed by atoms with E-state index in [4.69, 9.17) is 20.1 Å². The van der Waals surface area contributed by atoms with Crippen LogP contribution in [-0.2, 0) is 20.1 Å². The van der Waals surface area contributed by atoms with Gasteiger partial charge >= 0.3 is 252 Å². The Labute approximate surface area is 250 Å². The van der Waals surface area contributed by atoms with Crippen molar-refractivity contribution in [3.05, 3.63) is 0 Å². The SMILES string of the molecule is CCCCCCC[CH2][Sn]([CH2]CCCCCCC)([O]C(=O)OC)[O][Sn]([CH2]CCCCCCC)([O]C)[O]C(=O)OC. The number of hydrogen-bond acceptors (Lipinski definition) is 8. The Balaban J connectivity index is 5.86. The fourth-order valence-electron chi connectivity index (χ4n) is 4.77. The van der Waals surface area contributed by atoms with Crippen LogP contribution >= 0.6 is 0 Å². The summed E-state index contributed by atoms with van der Waals surface area (Å²) in [7, 11) is 4.20. The molecule has 1 unspecified atom stereocenters. The van der Waals surface area contributed by atoms with Crippen molar-refractivity contribution in [3.63, 3.8) is 0 Å². The predicted octanol–water partition coefficient (Wildman–Crippen LogP) is 9.68. The van der Waals surface area contributed by atoms with Gasteiger partial charge in [0.1, 0.15) is 0 Å². The van der Waals surface area contributed by atoms with Crippen LogP contribution in [0, 0.1) is 0 Å². The number of carbonyl (C=O) groups excluding carboxylic acids is 2. The second kappa shape index (κ2) is 25.7. The number of carbonyl (C=O) groups is 2. The molecule has 0 aromatic rings. The molecule has 0 saturated heterocycles. The van der Waals surface area contributed by atoms with Crippen molar-refractivity contribution in [1.29, 1.82) is 0 Å². The van der Waals surface area contributed by atoms with Crippen LogP contribution in [0.15, 0.2) is 0 Å². The van der Waals surface area contributed by atoms with Crippen LogP contribution < -0.4 is 0 Å². The molecule has 0 aromatic carbocycles. The van der Waals surface area contributed by atoms with E-state index in [1.165, 1.54) is 72.0 Å². The zero-order valence-corrected chi connectivity index (χ0v) is 31.8. The van der Waals surface area contributed by atoms with Crippen molar-refractivity contribution in [3.8, 4) is 0 Å². The molecule has 0 fully saturated rings. The standard InChI is InChI=1S/3C8H17.2C2H4O3.CH3O.O.2Sn/c3*1-3-5-7-8-6-4-2;2*1-5-2(3)4;1-2;;;/h3*1,3-8H2,2H3;2*1H3,(H,3,4);1H3;;;/q;;;;;-1;;+1;+2/p-2. The first-order valence-electron chi connectivity index (χ1n) is 15.7. The topological polar surface area (TPSA) is 89.5 Å². The molecule has 10 heteroatoms. The summed E-state index contributed by atoms with van der Waals surface area (Å²) in [6, 6.07) is 0. The summed E-state index contributed by atoms with van der Waals surface area (Å²) < 4.78 is 36.8. The molecule has 0 aliphatic rings. The Hall–Kier alpha value is 0.0574. The molecule has 0 heterocycles. The molecule has 232 valence electrons. The molecule has 39 heavy (non-hydrogen) atoms. The van der Waals surface area contributed by atoms with Crippen LogP contribution in [0.1, 0.15) is 136 Å². The van der Waals surface area contributed by atoms with Crippen molar-refractivity contribution >= 4 is 51.1 Å². The van der Waals surface area contributed by atoms with Crippen LogP contribution in [0.4, 0.5) is 9.59 Å². The van der Waals surface area contributed by atoms with Gasteiger partial charge in [-0.1, -0.05) is 0 Å². The average Bonchev–Trinajstić information content (AvgIpc) is 2.94. The predicted molar refractivity (Wildman–Crippen MR) is 161 cm³/mol. The Morgan fingerprint density at radius 1 is 0.487 bits per heavy atom. The minimum absolute atomic E-state index is 0.558. The van der Waals surface area contributed by atoms with E-state index in [0.717, 1.165) is 57.8 Å². The van der Waals surface area contributed by atoms with Gasteiger partial charge in [0.05, 0.1) is 0 Å². The maximum atomic E-state index is 12.6. The molecule has 0 aliphatic carbocycles. The van der Waals surface area contributed by atoms with Gasteiger partial charge in [-0.15, -0.1) is 0 Å². The third-order valence-electron chi connectivity index (χ3n) is 7.15. The first-order valence-corrected chi connectivity index (χ1v) is 27.5. The van der Waals surface area contributed by atoms with E-state index in [9.17, 15) is 9.59 Å². The molecule has 0 amide bonds. The Morgan fingerprint density at radius 2 is 0.846 bits per heavy atom. The first-order chi connectivity index (χ1) is 18.9. The van der Waals surface area contributed by atoms with E-state index >= 15 is 0 Å². The van der Waals surface area contributed by atoms with Crippen LogP contribution in [0.5, 0.6) is 0 Å². The van der Waals surface area contributed by atoms with Gasteiger partial charge in [-0.25, -0.2) is 0 Å². The zero-order valence-electron chi connectivity index (χ0n) is 26.1.